The fourth-order valence-electron chi connectivity index (χ4n) is 1.56. The van der Waals surface area contributed by atoms with Crippen molar-refractivity contribution in [3.05, 3.63) is 46.4 Å². The van der Waals surface area contributed by atoms with Gasteiger partial charge in [0, 0.05) is 29.5 Å². The van der Waals surface area contributed by atoms with Crippen molar-refractivity contribution in [3.8, 4) is 0 Å². The maximum absolute atomic E-state index is 13.9. The van der Waals surface area contributed by atoms with Crippen molar-refractivity contribution in [2.24, 2.45) is 12.8 Å². The van der Waals surface area contributed by atoms with Gasteiger partial charge in [0.1, 0.15) is 11.1 Å². The smallest absolute Gasteiger partial charge is 0.235 e. The zero-order chi connectivity index (χ0) is 14.0. The Morgan fingerprint density at radius 1 is 1.58 bits per heavy atom. The second-order valence-electron chi connectivity index (χ2n) is 3.89. The third kappa shape index (κ3) is 3.16. The molecule has 0 spiro atoms. The second-order valence-corrected chi connectivity index (χ2v) is 5.87. The number of nitrogens with zero attached hydrogens (tertiary/aromatic N) is 2. The summed E-state index contributed by atoms with van der Waals surface area (Å²) in [7, 11) is 1.80. The summed E-state index contributed by atoms with van der Waals surface area (Å²) in [6.45, 7) is 0. The molecule has 1 unspecified atom stereocenters. The van der Waals surface area contributed by atoms with E-state index < -0.39 is 17.0 Å². The molecule has 0 bridgehead atoms. The molecule has 1 amide bonds. The summed E-state index contributed by atoms with van der Waals surface area (Å²) in [4.78, 5) is 15.7. The molecule has 1 atom stereocenters. The number of primary amides is 1. The van der Waals surface area contributed by atoms with Gasteiger partial charge in [-0.1, -0.05) is 33.8 Å². The van der Waals surface area contributed by atoms with E-state index in [0.29, 0.717) is 9.63 Å². The van der Waals surface area contributed by atoms with E-state index in [1.54, 1.807) is 36.1 Å². The monoisotopic (exact) mass is 343 g/mol. The van der Waals surface area contributed by atoms with Crippen molar-refractivity contribution in [1.29, 1.82) is 0 Å². The Morgan fingerprint density at radius 3 is 2.84 bits per heavy atom. The molecule has 2 aromatic rings. The Morgan fingerprint density at radius 2 is 2.32 bits per heavy atom. The zero-order valence-electron chi connectivity index (χ0n) is 10.0. The number of thioether (sulfide) groups is 1. The highest BCUT2D eigenvalue weighted by Gasteiger charge is 2.24. The summed E-state index contributed by atoms with van der Waals surface area (Å²) in [6, 6.07) is 4.53. The molecule has 0 saturated heterocycles. The lowest BCUT2D eigenvalue weighted by Crippen LogP contribution is -2.20. The highest BCUT2D eigenvalue weighted by molar-refractivity contribution is 9.10. The Hall–Kier alpha value is -1.34. The highest BCUT2D eigenvalue weighted by Crippen LogP contribution is 2.35. The van der Waals surface area contributed by atoms with Gasteiger partial charge in [-0.05, 0) is 12.1 Å². The lowest BCUT2D eigenvalue weighted by Gasteiger charge is -2.14. The number of imidazole rings is 1. The van der Waals surface area contributed by atoms with E-state index in [1.165, 1.54) is 6.07 Å². The number of hydrogen-bond donors (Lipinski definition) is 1. The fourth-order valence-corrected chi connectivity index (χ4v) is 2.89. The molecule has 0 aliphatic carbocycles. The molecular formula is C12H11BrFN3OS. The first kappa shape index (κ1) is 14.1. The molecule has 100 valence electrons. The number of carbonyl (C=O) groups is 1. The molecule has 0 radical (unpaired) electrons. The topological polar surface area (TPSA) is 60.9 Å². The van der Waals surface area contributed by atoms with Crippen LogP contribution in [0.2, 0.25) is 0 Å². The van der Waals surface area contributed by atoms with Crippen LogP contribution < -0.4 is 5.73 Å². The Bertz CT molecular complexity index is 617. The quantitative estimate of drug-likeness (QED) is 0.868. The van der Waals surface area contributed by atoms with E-state index in [4.69, 9.17) is 5.73 Å². The van der Waals surface area contributed by atoms with Crippen molar-refractivity contribution in [2.75, 3.05) is 0 Å². The third-order valence-corrected chi connectivity index (χ3v) is 4.32. The summed E-state index contributed by atoms with van der Waals surface area (Å²) in [5, 5.41) is -0.208. The first-order valence-electron chi connectivity index (χ1n) is 5.37. The average Bonchev–Trinajstić information content (AvgIpc) is 2.72. The van der Waals surface area contributed by atoms with Crippen LogP contribution in [0.5, 0.6) is 0 Å². The van der Waals surface area contributed by atoms with Crippen molar-refractivity contribution in [1.82, 2.24) is 9.55 Å². The molecule has 19 heavy (non-hydrogen) atoms. The maximum atomic E-state index is 13.9. The number of nitrogens with two attached hydrogens (primary N) is 1. The molecule has 2 N–H and O–H groups in total. The summed E-state index contributed by atoms with van der Waals surface area (Å²) in [6.07, 6.45) is 3.36. The van der Waals surface area contributed by atoms with Gasteiger partial charge in [0.05, 0.1) is 0 Å². The Kier molecular flexibility index (Phi) is 4.26. The van der Waals surface area contributed by atoms with E-state index in [1.807, 2.05) is 0 Å². The number of hydrogen-bond acceptors (Lipinski definition) is 3. The second kappa shape index (κ2) is 5.75. The van der Waals surface area contributed by atoms with Gasteiger partial charge in [0.15, 0.2) is 5.16 Å². The molecule has 4 nitrogen and oxygen atoms in total. The normalized spacial score (nSPS) is 12.4. The van der Waals surface area contributed by atoms with Gasteiger partial charge >= 0.3 is 0 Å². The predicted octanol–water partition coefficient (Wildman–Crippen LogP) is 2.64. The number of aryl methyl sites for hydroxylation is 1. The van der Waals surface area contributed by atoms with Crippen LogP contribution in [0, 0.1) is 5.82 Å². The molecule has 1 heterocycles. The number of rotatable bonds is 4. The van der Waals surface area contributed by atoms with Gasteiger partial charge in [-0.2, -0.15) is 0 Å². The van der Waals surface area contributed by atoms with Crippen LogP contribution in [0.3, 0.4) is 0 Å². The summed E-state index contributed by atoms with van der Waals surface area (Å²) in [5.74, 6) is -1.07. The predicted molar refractivity (Wildman–Crippen MR) is 75.1 cm³/mol. The Labute approximate surface area is 122 Å². The minimum absolute atomic E-state index is 0.253. The first-order chi connectivity index (χ1) is 8.99. The number of benzene rings is 1. The molecule has 7 heteroatoms. The van der Waals surface area contributed by atoms with Crippen LogP contribution in [-0.2, 0) is 11.8 Å². The van der Waals surface area contributed by atoms with Crippen LogP contribution in [0.1, 0.15) is 10.8 Å². The maximum Gasteiger partial charge on any atom is 0.235 e. The summed E-state index contributed by atoms with van der Waals surface area (Å²) >= 11 is 4.30. The number of amides is 1. The van der Waals surface area contributed by atoms with Crippen LogP contribution in [0.25, 0.3) is 0 Å². The van der Waals surface area contributed by atoms with Gasteiger partial charge < -0.3 is 10.3 Å². The Balaban J connectivity index is 2.35. The third-order valence-electron chi connectivity index (χ3n) is 2.50. The van der Waals surface area contributed by atoms with E-state index in [2.05, 4.69) is 20.9 Å². The van der Waals surface area contributed by atoms with Gasteiger partial charge in [0.2, 0.25) is 5.91 Å². The molecule has 1 aromatic heterocycles. The summed E-state index contributed by atoms with van der Waals surface area (Å²) < 4.78 is 16.3. The lowest BCUT2D eigenvalue weighted by molar-refractivity contribution is -0.117. The van der Waals surface area contributed by atoms with E-state index in [-0.39, 0.29) is 5.56 Å². The number of carbonyl (C=O) groups excluding carboxylic acids is 1. The van der Waals surface area contributed by atoms with Crippen LogP contribution in [-0.4, -0.2) is 15.5 Å². The van der Waals surface area contributed by atoms with Crippen LogP contribution in [0.15, 0.2) is 40.2 Å². The standard InChI is InChI=1S/C12H11BrFN3OS/c1-17-5-4-16-12(17)19-10(11(15)18)8-3-2-7(13)6-9(8)14/h2-6,10H,1H3,(H2,15,18). The molecule has 1 aromatic carbocycles. The number of halogens is 2. The first-order valence-corrected chi connectivity index (χ1v) is 7.04. The minimum atomic E-state index is -0.811. The van der Waals surface area contributed by atoms with Crippen LogP contribution >= 0.6 is 27.7 Å². The van der Waals surface area contributed by atoms with Crippen molar-refractivity contribution in [3.63, 3.8) is 0 Å². The number of aromatic nitrogens is 2. The van der Waals surface area contributed by atoms with Crippen molar-refractivity contribution < 1.29 is 9.18 Å². The molecule has 0 aliphatic rings. The van der Waals surface area contributed by atoms with E-state index >= 15 is 0 Å². The van der Waals surface area contributed by atoms with Gasteiger partial charge in [-0.3, -0.25) is 4.79 Å². The lowest BCUT2D eigenvalue weighted by atomic mass is 10.1. The highest BCUT2D eigenvalue weighted by atomic mass is 79.9. The molecule has 0 fully saturated rings. The largest absolute Gasteiger partial charge is 0.368 e. The fraction of sp³-hybridized carbons (Fsp3) is 0.167. The molecule has 2 rings (SSSR count). The zero-order valence-corrected chi connectivity index (χ0v) is 12.4. The minimum Gasteiger partial charge on any atom is -0.368 e. The SMILES string of the molecule is Cn1ccnc1SC(C(N)=O)c1ccc(Br)cc1F. The van der Waals surface area contributed by atoms with Gasteiger partial charge in [-0.25, -0.2) is 9.37 Å². The average molecular weight is 344 g/mol. The van der Waals surface area contributed by atoms with Gasteiger partial charge in [-0.15, -0.1) is 0 Å². The molecule has 0 saturated carbocycles. The molecule has 0 aliphatic heterocycles. The summed E-state index contributed by atoms with van der Waals surface area (Å²) in [5.41, 5.74) is 5.62. The van der Waals surface area contributed by atoms with E-state index in [0.717, 1.165) is 11.8 Å². The van der Waals surface area contributed by atoms with Crippen LogP contribution in [0.4, 0.5) is 4.39 Å². The van der Waals surface area contributed by atoms with Crippen molar-refractivity contribution >= 4 is 33.6 Å². The van der Waals surface area contributed by atoms with Gasteiger partial charge in [0.25, 0.3) is 0 Å². The van der Waals surface area contributed by atoms with Crippen molar-refractivity contribution in [2.45, 2.75) is 10.4 Å². The molecular weight excluding hydrogens is 333 g/mol. The van der Waals surface area contributed by atoms with E-state index in [9.17, 15) is 9.18 Å².